The van der Waals surface area contributed by atoms with Gasteiger partial charge < -0.3 is 10.2 Å². The predicted molar refractivity (Wildman–Crippen MR) is 127 cm³/mol. The lowest BCUT2D eigenvalue weighted by Crippen LogP contribution is -2.63. The molecule has 10 unspecified atom stereocenters. The van der Waals surface area contributed by atoms with Gasteiger partial charge >= 0.3 is 0 Å². The van der Waals surface area contributed by atoms with Crippen molar-refractivity contribution >= 4 is 0 Å². The summed E-state index contributed by atoms with van der Waals surface area (Å²) < 4.78 is 0. The van der Waals surface area contributed by atoms with Crippen LogP contribution < -0.4 is 0 Å². The number of allylic oxidation sites excluding steroid dienone is 1. The quantitative estimate of drug-likeness (QED) is 0.486. The van der Waals surface area contributed by atoms with Crippen LogP contribution in [-0.2, 0) is 0 Å². The third-order valence-electron chi connectivity index (χ3n) is 12.7. The zero-order valence-electron chi connectivity index (χ0n) is 20.9. The van der Waals surface area contributed by atoms with Gasteiger partial charge in [0.15, 0.2) is 0 Å². The molecule has 5 rings (SSSR count). The van der Waals surface area contributed by atoms with Crippen molar-refractivity contribution in [1.29, 1.82) is 0 Å². The monoisotopic (exact) mass is 428 g/mol. The molecule has 2 heteroatoms. The zero-order chi connectivity index (χ0) is 22.4. The molecule has 10 atom stereocenters. The van der Waals surface area contributed by atoms with Crippen LogP contribution in [-0.4, -0.2) is 22.9 Å². The predicted octanol–water partition coefficient (Wildman–Crippen LogP) is 6.61. The largest absolute Gasteiger partial charge is 0.396 e. The maximum atomic E-state index is 10.8. The van der Waals surface area contributed by atoms with Gasteiger partial charge in [0.1, 0.15) is 0 Å². The standard InChI is InChI=1S/C29H48O2/c1-18(2)19-9-15-29(17-30)16-10-21-20(25(19)29)7-8-23-27(21,5)13-11-22-26(3,4)24(31)12-14-28(22,23)6/h19-25,30-31H,1,7-17H2,2-6H3. The first-order valence-electron chi connectivity index (χ1n) is 13.5. The summed E-state index contributed by atoms with van der Waals surface area (Å²) in [7, 11) is 0. The van der Waals surface area contributed by atoms with Crippen LogP contribution in [0, 0.1) is 57.2 Å². The molecule has 0 spiro atoms. The van der Waals surface area contributed by atoms with Gasteiger partial charge in [-0.15, -0.1) is 0 Å². The van der Waals surface area contributed by atoms with Crippen LogP contribution in [0.15, 0.2) is 12.2 Å². The molecule has 176 valence electrons. The minimum Gasteiger partial charge on any atom is -0.396 e. The number of fused-ring (bicyclic) bond motifs is 7. The Hall–Kier alpha value is -0.340. The summed E-state index contributed by atoms with van der Waals surface area (Å²) in [5, 5.41) is 21.4. The molecule has 5 saturated carbocycles. The van der Waals surface area contributed by atoms with Crippen molar-refractivity contribution in [3.05, 3.63) is 12.2 Å². The number of hydrogen-bond acceptors (Lipinski definition) is 2. The van der Waals surface area contributed by atoms with Gasteiger partial charge in [-0.3, -0.25) is 0 Å². The number of hydrogen-bond donors (Lipinski definition) is 2. The van der Waals surface area contributed by atoms with E-state index in [2.05, 4.69) is 41.2 Å². The van der Waals surface area contributed by atoms with Crippen LogP contribution >= 0.6 is 0 Å². The Morgan fingerprint density at radius 3 is 2.19 bits per heavy atom. The van der Waals surface area contributed by atoms with Gasteiger partial charge in [0, 0.05) is 6.61 Å². The Morgan fingerprint density at radius 1 is 0.839 bits per heavy atom. The van der Waals surface area contributed by atoms with Gasteiger partial charge in [0.2, 0.25) is 0 Å². The van der Waals surface area contributed by atoms with Crippen LogP contribution in [0.2, 0.25) is 0 Å². The second-order valence-corrected chi connectivity index (χ2v) is 14.0. The van der Waals surface area contributed by atoms with Crippen molar-refractivity contribution in [2.75, 3.05) is 6.61 Å². The van der Waals surface area contributed by atoms with Crippen molar-refractivity contribution in [2.24, 2.45) is 57.2 Å². The minimum atomic E-state index is -0.138. The highest BCUT2D eigenvalue weighted by Crippen LogP contribution is 2.73. The molecule has 0 amide bonds. The highest BCUT2D eigenvalue weighted by Gasteiger charge is 2.67. The fraction of sp³-hybridized carbons (Fsp3) is 0.931. The summed E-state index contributed by atoms with van der Waals surface area (Å²) in [4.78, 5) is 0. The molecular weight excluding hydrogens is 380 g/mol. The first-order valence-corrected chi connectivity index (χ1v) is 13.5. The molecule has 5 aliphatic carbocycles. The van der Waals surface area contributed by atoms with E-state index in [1.807, 2.05) is 0 Å². The number of aliphatic hydroxyl groups excluding tert-OH is 2. The number of rotatable bonds is 2. The average Bonchev–Trinajstić information content (AvgIpc) is 3.11. The van der Waals surface area contributed by atoms with Crippen LogP contribution in [0.3, 0.4) is 0 Å². The van der Waals surface area contributed by atoms with E-state index >= 15 is 0 Å². The Kier molecular flexibility index (Phi) is 5.13. The lowest BCUT2D eigenvalue weighted by atomic mass is 9.36. The third-order valence-corrected chi connectivity index (χ3v) is 12.7. The van der Waals surface area contributed by atoms with E-state index in [1.165, 1.54) is 63.4 Å². The Balaban J connectivity index is 1.50. The average molecular weight is 429 g/mol. The van der Waals surface area contributed by atoms with Crippen molar-refractivity contribution in [2.45, 2.75) is 105 Å². The van der Waals surface area contributed by atoms with E-state index in [0.29, 0.717) is 35.2 Å². The smallest absolute Gasteiger partial charge is 0.0594 e. The van der Waals surface area contributed by atoms with E-state index in [1.54, 1.807) is 0 Å². The second kappa shape index (κ2) is 7.08. The SMILES string of the molecule is C=C(C)C1CCC2(CO)CCC3C(CCC4C3(C)CCC3C(C)(C)C(O)CCC34C)C12. The van der Waals surface area contributed by atoms with Crippen molar-refractivity contribution < 1.29 is 10.2 Å². The molecule has 0 aliphatic heterocycles. The lowest BCUT2D eigenvalue weighted by Gasteiger charge is -2.69. The number of aliphatic hydroxyl groups is 2. The summed E-state index contributed by atoms with van der Waals surface area (Å²) >= 11 is 0. The highest BCUT2D eigenvalue weighted by atomic mass is 16.3. The Bertz CT molecular complexity index is 741. The van der Waals surface area contributed by atoms with Crippen molar-refractivity contribution in [3.63, 3.8) is 0 Å². The molecule has 0 bridgehead atoms. The van der Waals surface area contributed by atoms with E-state index in [9.17, 15) is 10.2 Å². The fourth-order valence-electron chi connectivity index (χ4n) is 11.2. The van der Waals surface area contributed by atoms with E-state index in [4.69, 9.17) is 0 Å². The van der Waals surface area contributed by atoms with Crippen LogP contribution in [0.4, 0.5) is 0 Å². The summed E-state index contributed by atoms with van der Waals surface area (Å²) in [5.74, 6) is 4.29. The van der Waals surface area contributed by atoms with E-state index in [-0.39, 0.29) is 16.9 Å². The van der Waals surface area contributed by atoms with Crippen molar-refractivity contribution in [1.82, 2.24) is 0 Å². The zero-order valence-corrected chi connectivity index (χ0v) is 20.9. The minimum absolute atomic E-state index is 0.0420. The third kappa shape index (κ3) is 2.82. The molecule has 0 aromatic rings. The van der Waals surface area contributed by atoms with Crippen molar-refractivity contribution in [3.8, 4) is 0 Å². The van der Waals surface area contributed by atoms with Crippen LogP contribution in [0.1, 0.15) is 98.8 Å². The molecule has 5 fully saturated rings. The molecule has 31 heavy (non-hydrogen) atoms. The molecular formula is C29H48O2. The Labute approximate surface area is 191 Å². The van der Waals surface area contributed by atoms with E-state index < -0.39 is 0 Å². The highest BCUT2D eigenvalue weighted by molar-refractivity contribution is 5.18. The van der Waals surface area contributed by atoms with Crippen LogP contribution in [0.25, 0.3) is 0 Å². The second-order valence-electron chi connectivity index (χ2n) is 14.0. The molecule has 0 saturated heterocycles. The van der Waals surface area contributed by atoms with E-state index in [0.717, 1.165) is 24.2 Å². The molecule has 0 radical (unpaired) electrons. The summed E-state index contributed by atoms with van der Waals surface area (Å²) in [5.41, 5.74) is 2.38. The Morgan fingerprint density at radius 2 is 1.52 bits per heavy atom. The van der Waals surface area contributed by atoms with Crippen LogP contribution in [0.5, 0.6) is 0 Å². The van der Waals surface area contributed by atoms with Gasteiger partial charge in [0.05, 0.1) is 6.10 Å². The van der Waals surface area contributed by atoms with Gasteiger partial charge in [-0.1, -0.05) is 39.8 Å². The van der Waals surface area contributed by atoms with Gasteiger partial charge in [-0.25, -0.2) is 0 Å². The summed E-state index contributed by atoms with van der Waals surface area (Å²) in [6.45, 7) is 17.0. The van der Waals surface area contributed by atoms with Gasteiger partial charge in [-0.2, -0.15) is 0 Å². The first-order chi connectivity index (χ1) is 14.5. The maximum absolute atomic E-state index is 10.8. The first kappa shape index (κ1) is 22.5. The maximum Gasteiger partial charge on any atom is 0.0594 e. The van der Waals surface area contributed by atoms with Gasteiger partial charge in [-0.05, 0) is 128 Å². The molecule has 0 aromatic heterocycles. The molecule has 5 aliphatic rings. The molecule has 0 heterocycles. The molecule has 2 N–H and O–H groups in total. The fourth-order valence-corrected chi connectivity index (χ4v) is 11.2. The normalized spacial score (nSPS) is 55.5. The van der Waals surface area contributed by atoms with Gasteiger partial charge in [0.25, 0.3) is 0 Å². The lowest BCUT2D eigenvalue weighted by molar-refractivity contribution is -0.217. The topological polar surface area (TPSA) is 40.5 Å². The summed E-state index contributed by atoms with van der Waals surface area (Å²) in [6, 6.07) is 0. The molecule has 2 nitrogen and oxygen atoms in total. The molecule has 0 aromatic carbocycles. The summed E-state index contributed by atoms with van der Waals surface area (Å²) in [6.07, 6.45) is 12.4.